The largest absolute Gasteiger partial charge is 0.352 e. The number of amides is 1. The first kappa shape index (κ1) is 21.2. The predicted molar refractivity (Wildman–Crippen MR) is 95.5 cm³/mol. The van der Waals surface area contributed by atoms with Crippen molar-refractivity contribution in [2.24, 2.45) is 11.7 Å². The lowest BCUT2D eigenvalue weighted by molar-refractivity contribution is -0.125. The normalized spacial score (nSPS) is 20.2. The van der Waals surface area contributed by atoms with Gasteiger partial charge in [0.25, 0.3) is 0 Å². The molecular weight excluding hydrogens is 321 g/mol. The van der Waals surface area contributed by atoms with Gasteiger partial charge in [-0.1, -0.05) is 24.3 Å². The van der Waals surface area contributed by atoms with Crippen LogP contribution in [0.15, 0.2) is 24.3 Å². The maximum Gasteiger partial charge on any atom is 0.223 e. The van der Waals surface area contributed by atoms with Crippen molar-refractivity contribution in [1.82, 2.24) is 10.2 Å². The van der Waals surface area contributed by atoms with E-state index in [0.717, 1.165) is 25.8 Å². The summed E-state index contributed by atoms with van der Waals surface area (Å²) in [5.74, 6) is 0.253. The molecule has 126 valence electrons. The number of carbonyl (C=O) groups excluding carboxylic acids is 1. The van der Waals surface area contributed by atoms with E-state index in [-0.39, 0.29) is 42.7 Å². The highest BCUT2D eigenvalue weighted by Gasteiger charge is 2.27. The van der Waals surface area contributed by atoms with Gasteiger partial charge in [-0.3, -0.25) is 4.79 Å². The average Bonchev–Trinajstić information content (AvgIpc) is 2.83. The fraction of sp³-hybridized carbons (Fsp3) is 0.562. The van der Waals surface area contributed by atoms with Gasteiger partial charge in [-0.15, -0.1) is 24.8 Å². The van der Waals surface area contributed by atoms with Crippen LogP contribution in [0.25, 0.3) is 0 Å². The number of nitrogens with zero attached hydrogens (tertiary/aromatic N) is 1. The standard InChI is InChI=1S/C16H25N3O.2ClH/c1-19(2)11-14-6-4-3-5-13(14)10-18-16(20)12-7-8-15(17)9-12;;/h3-6,12,15H,7-11,17H2,1-2H3,(H,18,20);2*1H. The molecule has 2 atom stereocenters. The lowest BCUT2D eigenvalue weighted by Gasteiger charge is -2.16. The third kappa shape index (κ3) is 6.13. The Morgan fingerprint density at radius 2 is 1.86 bits per heavy atom. The smallest absolute Gasteiger partial charge is 0.223 e. The van der Waals surface area contributed by atoms with E-state index in [1.165, 1.54) is 11.1 Å². The number of carbonyl (C=O) groups is 1. The number of rotatable bonds is 5. The maximum absolute atomic E-state index is 12.1. The number of nitrogens with two attached hydrogens (primary N) is 1. The molecule has 1 aliphatic rings. The molecule has 1 amide bonds. The van der Waals surface area contributed by atoms with Crippen molar-refractivity contribution in [2.45, 2.75) is 38.4 Å². The number of hydrogen-bond donors (Lipinski definition) is 2. The molecule has 2 unspecified atom stereocenters. The molecule has 3 N–H and O–H groups in total. The molecule has 2 rings (SSSR count). The molecule has 0 aliphatic heterocycles. The number of benzene rings is 1. The van der Waals surface area contributed by atoms with E-state index in [1.54, 1.807) is 0 Å². The molecule has 0 bridgehead atoms. The van der Waals surface area contributed by atoms with Crippen LogP contribution in [-0.4, -0.2) is 30.9 Å². The molecule has 0 radical (unpaired) electrons. The summed E-state index contributed by atoms with van der Waals surface area (Å²) in [7, 11) is 4.10. The monoisotopic (exact) mass is 347 g/mol. The Morgan fingerprint density at radius 3 is 2.41 bits per heavy atom. The zero-order valence-electron chi connectivity index (χ0n) is 13.2. The first-order chi connectivity index (χ1) is 9.56. The van der Waals surface area contributed by atoms with Crippen LogP contribution >= 0.6 is 24.8 Å². The number of halogens is 2. The van der Waals surface area contributed by atoms with E-state index in [0.29, 0.717) is 6.54 Å². The number of hydrogen-bond acceptors (Lipinski definition) is 3. The van der Waals surface area contributed by atoms with Gasteiger partial charge in [0.1, 0.15) is 0 Å². The number of nitrogens with one attached hydrogen (secondary N) is 1. The summed E-state index contributed by atoms with van der Waals surface area (Å²) < 4.78 is 0. The van der Waals surface area contributed by atoms with Crippen molar-refractivity contribution in [3.8, 4) is 0 Å². The van der Waals surface area contributed by atoms with E-state index >= 15 is 0 Å². The summed E-state index contributed by atoms with van der Waals surface area (Å²) in [5.41, 5.74) is 8.32. The zero-order chi connectivity index (χ0) is 14.5. The highest BCUT2D eigenvalue weighted by atomic mass is 35.5. The van der Waals surface area contributed by atoms with Crippen LogP contribution in [-0.2, 0) is 17.9 Å². The lowest BCUT2D eigenvalue weighted by atomic mass is 10.1. The molecule has 4 nitrogen and oxygen atoms in total. The van der Waals surface area contributed by atoms with Crippen LogP contribution in [0.5, 0.6) is 0 Å². The molecule has 0 aromatic heterocycles. The topological polar surface area (TPSA) is 58.4 Å². The third-order valence-corrected chi connectivity index (χ3v) is 3.90. The minimum atomic E-state index is 0. The van der Waals surface area contributed by atoms with Crippen LogP contribution in [0.1, 0.15) is 30.4 Å². The fourth-order valence-electron chi connectivity index (χ4n) is 2.81. The van der Waals surface area contributed by atoms with Crippen LogP contribution in [0.3, 0.4) is 0 Å². The summed E-state index contributed by atoms with van der Waals surface area (Å²) in [5, 5.41) is 3.06. The minimum Gasteiger partial charge on any atom is -0.352 e. The van der Waals surface area contributed by atoms with E-state index in [9.17, 15) is 4.79 Å². The van der Waals surface area contributed by atoms with Crippen molar-refractivity contribution < 1.29 is 4.79 Å². The Balaban J connectivity index is 0.00000220. The molecule has 0 spiro atoms. The van der Waals surface area contributed by atoms with Gasteiger partial charge in [-0.05, 0) is 44.5 Å². The van der Waals surface area contributed by atoms with Crippen LogP contribution in [0.4, 0.5) is 0 Å². The Kier molecular flexibility index (Phi) is 9.69. The van der Waals surface area contributed by atoms with E-state index in [1.807, 2.05) is 12.1 Å². The van der Waals surface area contributed by atoms with Gasteiger partial charge in [-0.25, -0.2) is 0 Å². The second-order valence-electron chi connectivity index (χ2n) is 5.99. The van der Waals surface area contributed by atoms with Crippen molar-refractivity contribution in [3.63, 3.8) is 0 Å². The van der Waals surface area contributed by atoms with Crippen molar-refractivity contribution >= 4 is 30.7 Å². The molecule has 0 saturated heterocycles. The lowest BCUT2D eigenvalue weighted by Crippen LogP contribution is -2.30. The van der Waals surface area contributed by atoms with Crippen molar-refractivity contribution in [2.75, 3.05) is 14.1 Å². The quantitative estimate of drug-likeness (QED) is 0.859. The van der Waals surface area contributed by atoms with E-state index < -0.39 is 0 Å². The second-order valence-corrected chi connectivity index (χ2v) is 5.99. The van der Waals surface area contributed by atoms with Crippen LogP contribution in [0.2, 0.25) is 0 Å². The summed E-state index contributed by atoms with van der Waals surface area (Å²) >= 11 is 0. The Bertz CT molecular complexity index is 468. The van der Waals surface area contributed by atoms with Gasteiger partial charge in [-0.2, -0.15) is 0 Å². The Morgan fingerprint density at radius 1 is 1.23 bits per heavy atom. The SMILES string of the molecule is CN(C)Cc1ccccc1CNC(=O)C1CCC(N)C1.Cl.Cl. The van der Waals surface area contributed by atoms with Gasteiger partial charge in [0, 0.05) is 25.0 Å². The highest BCUT2D eigenvalue weighted by Crippen LogP contribution is 2.24. The minimum absolute atomic E-state index is 0. The summed E-state index contributed by atoms with van der Waals surface area (Å²) in [6.07, 6.45) is 2.72. The molecule has 22 heavy (non-hydrogen) atoms. The first-order valence-corrected chi connectivity index (χ1v) is 7.31. The second kappa shape index (κ2) is 10.1. The molecular formula is C16H27Cl2N3O. The highest BCUT2D eigenvalue weighted by molar-refractivity contribution is 5.85. The molecule has 6 heteroatoms. The average molecular weight is 348 g/mol. The molecule has 1 fully saturated rings. The molecule has 1 aliphatic carbocycles. The van der Waals surface area contributed by atoms with Crippen molar-refractivity contribution in [3.05, 3.63) is 35.4 Å². The van der Waals surface area contributed by atoms with Gasteiger partial charge in [0.05, 0.1) is 0 Å². The van der Waals surface area contributed by atoms with Crippen LogP contribution in [0, 0.1) is 5.92 Å². The zero-order valence-corrected chi connectivity index (χ0v) is 14.9. The van der Waals surface area contributed by atoms with Gasteiger partial charge in [0.15, 0.2) is 0 Å². The molecule has 0 heterocycles. The van der Waals surface area contributed by atoms with Gasteiger partial charge >= 0.3 is 0 Å². The van der Waals surface area contributed by atoms with Crippen LogP contribution < -0.4 is 11.1 Å². The molecule has 1 aromatic rings. The summed E-state index contributed by atoms with van der Waals surface area (Å²) in [6.45, 7) is 1.49. The molecule has 1 saturated carbocycles. The summed E-state index contributed by atoms with van der Waals surface area (Å²) in [4.78, 5) is 14.3. The Labute approximate surface area is 145 Å². The fourth-order valence-corrected chi connectivity index (χ4v) is 2.81. The Hall–Kier alpha value is -0.810. The first-order valence-electron chi connectivity index (χ1n) is 7.31. The van der Waals surface area contributed by atoms with Gasteiger partial charge in [0.2, 0.25) is 5.91 Å². The van der Waals surface area contributed by atoms with E-state index in [2.05, 4.69) is 36.4 Å². The molecule has 1 aromatic carbocycles. The van der Waals surface area contributed by atoms with E-state index in [4.69, 9.17) is 5.73 Å². The third-order valence-electron chi connectivity index (χ3n) is 3.90. The van der Waals surface area contributed by atoms with Crippen molar-refractivity contribution in [1.29, 1.82) is 0 Å². The predicted octanol–water partition coefficient (Wildman–Crippen LogP) is 2.34. The van der Waals surface area contributed by atoms with Gasteiger partial charge < -0.3 is 16.0 Å². The summed E-state index contributed by atoms with van der Waals surface area (Å²) in [6, 6.07) is 8.46. The maximum atomic E-state index is 12.1.